The normalized spacial score (nSPS) is 11.8. The van der Waals surface area contributed by atoms with Crippen LogP contribution < -0.4 is 9.64 Å². The molecule has 3 rings (SSSR count). The smallest absolute Gasteiger partial charge is 0.118 e. The number of rotatable bonds is 5. The minimum absolute atomic E-state index is 0.216. The summed E-state index contributed by atoms with van der Waals surface area (Å²) in [6, 6.07) is 27.8. The molecular formula is C22H23NO. The summed E-state index contributed by atoms with van der Waals surface area (Å²) < 4.78 is 5.30. The van der Waals surface area contributed by atoms with Gasteiger partial charge in [0.2, 0.25) is 0 Å². The molecule has 0 spiro atoms. The molecule has 24 heavy (non-hydrogen) atoms. The van der Waals surface area contributed by atoms with Crippen LogP contribution in [-0.4, -0.2) is 21.2 Å². The third-order valence-electron chi connectivity index (χ3n) is 4.32. The Kier molecular flexibility index (Phi) is 4.85. The van der Waals surface area contributed by atoms with Crippen LogP contribution >= 0.6 is 0 Å². The molecule has 0 aromatic heterocycles. The highest BCUT2D eigenvalue weighted by Crippen LogP contribution is 2.33. The zero-order valence-corrected chi connectivity index (χ0v) is 14.4. The summed E-state index contributed by atoms with van der Waals surface area (Å²) in [5, 5.41) is 0. The second-order valence-electron chi connectivity index (χ2n) is 6.10. The molecule has 3 aromatic rings. The summed E-state index contributed by atoms with van der Waals surface area (Å²) in [6.07, 6.45) is 0. The molecule has 1 unspecified atom stereocenters. The van der Waals surface area contributed by atoms with Crippen LogP contribution in [0.3, 0.4) is 0 Å². The Balaban J connectivity index is 2.04. The fourth-order valence-corrected chi connectivity index (χ4v) is 2.98. The van der Waals surface area contributed by atoms with Crippen LogP contribution in [0, 0.1) is 0 Å². The van der Waals surface area contributed by atoms with E-state index >= 15 is 0 Å². The van der Waals surface area contributed by atoms with Crippen molar-refractivity contribution in [3.8, 4) is 5.75 Å². The van der Waals surface area contributed by atoms with E-state index in [0.29, 0.717) is 0 Å². The monoisotopic (exact) mass is 317 g/mol. The van der Waals surface area contributed by atoms with Crippen molar-refractivity contribution in [1.82, 2.24) is 0 Å². The van der Waals surface area contributed by atoms with Crippen molar-refractivity contribution >= 4 is 5.69 Å². The van der Waals surface area contributed by atoms with E-state index < -0.39 is 0 Å². The summed E-state index contributed by atoms with van der Waals surface area (Å²) in [7, 11) is 5.82. The molecule has 3 aromatic carbocycles. The van der Waals surface area contributed by atoms with Gasteiger partial charge in [-0.05, 0) is 41.0 Å². The van der Waals surface area contributed by atoms with Gasteiger partial charge in [0, 0.05) is 25.7 Å². The molecule has 0 aliphatic carbocycles. The topological polar surface area (TPSA) is 12.5 Å². The second-order valence-corrected chi connectivity index (χ2v) is 6.10. The highest BCUT2D eigenvalue weighted by molar-refractivity contribution is 5.51. The lowest BCUT2D eigenvalue weighted by Gasteiger charge is -2.20. The quantitative estimate of drug-likeness (QED) is 0.618. The van der Waals surface area contributed by atoms with Gasteiger partial charge in [0.25, 0.3) is 0 Å². The molecule has 0 aliphatic rings. The Bertz CT molecular complexity index is 761. The standard InChI is InChI=1S/C22H23NO/c1-23(2)20-13-9-18(10-14-20)22(17-7-5-4-6-8-17)19-11-15-21(24-3)16-12-19/h4-16,22H,1-3H3. The molecule has 122 valence electrons. The number of hydrogen-bond donors (Lipinski definition) is 0. The number of methoxy groups -OCH3 is 1. The lowest BCUT2D eigenvalue weighted by Crippen LogP contribution is -2.09. The van der Waals surface area contributed by atoms with E-state index in [-0.39, 0.29) is 5.92 Å². The predicted molar refractivity (Wildman–Crippen MR) is 101 cm³/mol. The first-order valence-electron chi connectivity index (χ1n) is 8.15. The molecule has 0 saturated carbocycles. The maximum Gasteiger partial charge on any atom is 0.118 e. The van der Waals surface area contributed by atoms with Crippen LogP contribution in [0.2, 0.25) is 0 Å². The molecule has 0 radical (unpaired) electrons. The summed E-state index contributed by atoms with van der Waals surface area (Å²) in [5.41, 5.74) is 5.05. The van der Waals surface area contributed by atoms with Crippen LogP contribution in [-0.2, 0) is 0 Å². The van der Waals surface area contributed by atoms with Crippen molar-refractivity contribution in [1.29, 1.82) is 0 Å². The van der Waals surface area contributed by atoms with Crippen molar-refractivity contribution in [2.24, 2.45) is 0 Å². The maximum atomic E-state index is 5.30. The number of hydrogen-bond acceptors (Lipinski definition) is 2. The van der Waals surface area contributed by atoms with E-state index in [9.17, 15) is 0 Å². The Morgan fingerprint density at radius 2 is 1.17 bits per heavy atom. The van der Waals surface area contributed by atoms with Crippen LogP contribution in [0.1, 0.15) is 22.6 Å². The highest BCUT2D eigenvalue weighted by atomic mass is 16.5. The zero-order chi connectivity index (χ0) is 16.9. The Labute approximate surface area is 144 Å². The second kappa shape index (κ2) is 7.22. The fraction of sp³-hybridized carbons (Fsp3) is 0.182. The Morgan fingerprint density at radius 3 is 1.67 bits per heavy atom. The lowest BCUT2D eigenvalue weighted by atomic mass is 9.85. The number of ether oxygens (including phenoxy) is 1. The first-order chi connectivity index (χ1) is 11.7. The van der Waals surface area contributed by atoms with Gasteiger partial charge < -0.3 is 9.64 Å². The molecule has 1 atom stereocenters. The first kappa shape index (κ1) is 16.1. The molecule has 0 amide bonds. The average molecular weight is 317 g/mol. The van der Waals surface area contributed by atoms with Gasteiger partial charge in [-0.2, -0.15) is 0 Å². The van der Waals surface area contributed by atoms with E-state index in [0.717, 1.165) is 5.75 Å². The van der Waals surface area contributed by atoms with Gasteiger partial charge in [-0.1, -0.05) is 54.6 Å². The van der Waals surface area contributed by atoms with Crippen molar-refractivity contribution in [3.05, 3.63) is 95.6 Å². The van der Waals surface area contributed by atoms with E-state index in [1.165, 1.54) is 22.4 Å². The highest BCUT2D eigenvalue weighted by Gasteiger charge is 2.16. The van der Waals surface area contributed by atoms with Crippen molar-refractivity contribution in [3.63, 3.8) is 0 Å². The lowest BCUT2D eigenvalue weighted by molar-refractivity contribution is 0.414. The van der Waals surface area contributed by atoms with Crippen molar-refractivity contribution in [2.75, 3.05) is 26.1 Å². The van der Waals surface area contributed by atoms with Crippen molar-refractivity contribution < 1.29 is 4.74 Å². The van der Waals surface area contributed by atoms with E-state index in [4.69, 9.17) is 4.74 Å². The molecular weight excluding hydrogens is 294 g/mol. The SMILES string of the molecule is COc1ccc(C(c2ccccc2)c2ccc(N(C)C)cc2)cc1. The molecule has 0 bridgehead atoms. The maximum absolute atomic E-state index is 5.30. The molecule has 0 aliphatic heterocycles. The van der Waals surface area contributed by atoms with Crippen LogP contribution in [0.15, 0.2) is 78.9 Å². The van der Waals surface area contributed by atoms with Gasteiger partial charge in [-0.25, -0.2) is 0 Å². The third kappa shape index (κ3) is 3.43. The zero-order valence-electron chi connectivity index (χ0n) is 14.4. The number of nitrogens with zero attached hydrogens (tertiary/aromatic N) is 1. The molecule has 2 nitrogen and oxygen atoms in total. The minimum Gasteiger partial charge on any atom is -0.497 e. The van der Waals surface area contributed by atoms with Gasteiger partial charge >= 0.3 is 0 Å². The number of benzene rings is 3. The average Bonchev–Trinajstić information content (AvgIpc) is 2.64. The van der Waals surface area contributed by atoms with Crippen molar-refractivity contribution in [2.45, 2.75) is 5.92 Å². The van der Waals surface area contributed by atoms with Gasteiger partial charge in [0.1, 0.15) is 5.75 Å². The van der Waals surface area contributed by atoms with E-state index in [2.05, 4.69) is 85.7 Å². The van der Waals surface area contributed by atoms with Crippen LogP contribution in [0.4, 0.5) is 5.69 Å². The van der Waals surface area contributed by atoms with E-state index in [1.807, 2.05) is 12.1 Å². The molecule has 2 heteroatoms. The van der Waals surface area contributed by atoms with Gasteiger partial charge in [-0.15, -0.1) is 0 Å². The largest absolute Gasteiger partial charge is 0.497 e. The van der Waals surface area contributed by atoms with Crippen LogP contribution in [0.25, 0.3) is 0 Å². The van der Waals surface area contributed by atoms with Crippen LogP contribution in [0.5, 0.6) is 5.75 Å². The summed E-state index contributed by atoms with van der Waals surface area (Å²) >= 11 is 0. The third-order valence-corrected chi connectivity index (χ3v) is 4.32. The summed E-state index contributed by atoms with van der Waals surface area (Å²) in [4.78, 5) is 2.12. The van der Waals surface area contributed by atoms with Gasteiger partial charge in [-0.3, -0.25) is 0 Å². The predicted octanol–water partition coefficient (Wildman–Crippen LogP) is 4.94. The Morgan fingerprint density at radius 1 is 0.667 bits per heavy atom. The van der Waals surface area contributed by atoms with E-state index in [1.54, 1.807) is 7.11 Å². The number of anilines is 1. The summed E-state index contributed by atoms with van der Waals surface area (Å²) in [6.45, 7) is 0. The summed E-state index contributed by atoms with van der Waals surface area (Å²) in [5.74, 6) is 1.10. The fourth-order valence-electron chi connectivity index (χ4n) is 2.98. The minimum atomic E-state index is 0.216. The molecule has 0 heterocycles. The molecule has 0 fully saturated rings. The first-order valence-corrected chi connectivity index (χ1v) is 8.15. The molecule has 0 N–H and O–H groups in total. The van der Waals surface area contributed by atoms with Gasteiger partial charge in [0.15, 0.2) is 0 Å². The Hall–Kier alpha value is -2.74. The van der Waals surface area contributed by atoms with Gasteiger partial charge in [0.05, 0.1) is 7.11 Å². The molecule has 0 saturated heterocycles.